The van der Waals surface area contributed by atoms with Crippen molar-refractivity contribution in [3.05, 3.63) is 33.3 Å². The van der Waals surface area contributed by atoms with Gasteiger partial charge in [0, 0.05) is 7.05 Å². The van der Waals surface area contributed by atoms with Crippen molar-refractivity contribution in [2.75, 3.05) is 0 Å². The van der Waals surface area contributed by atoms with Crippen molar-refractivity contribution in [2.45, 2.75) is 0 Å². The van der Waals surface area contributed by atoms with E-state index in [2.05, 4.69) is 20.9 Å². The monoisotopic (exact) mass is 254 g/mol. The molecule has 1 heterocycles. The molecule has 2 rings (SSSR count). The Balaban J connectivity index is 3.06. The number of halogens is 1. The molecule has 0 bridgehead atoms. The maximum atomic E-state index is 11.7. The van der Waals surface area contributed by atoms with Crippen molar-refractivity contribution in [3.63, 3.8) is 0 Å². The van der Waals surface area contributed by atoms with Crippen LogP contribution in [0.15, 0.2) is 27.7 Å². The number of aromatic nitrogens is 2. The third-order valence-electron chi connectivity index (χ3n) is 2.03. The highest BCUT2D eigenvalue weighted by atomic mass is 79.9. The molecule has 0 spiro atoms. The highest BCUT2D eigenvalue weighted by molar-refractivity contribution is 9.10. The van der Waals surface area contributed by atoms with Crippen LogP contribution in [0.4, 0.5) is 0 Å². The molecule has 0 aliphatic rings. The van der Waals surface area contributed by atoms with Gasteiger partial charge in [-0.1, -0.05) is 6.07 Å². The lowest BCUT2D eigenvalue weighted by atomic mass is 10.2. The van der Waals surface area contributed by atoms with E-state index in [0.29, 0.717) is 15.6 Å². The van der Waals surface area contributed by atoms with Crippen LogP contribution >= 0.6 is 15.9 Å². The zero-order chi connectivity index (χ0) is 10.3. The van der Waals surface area contributed by atoms with Gasteiger partial charge < -0.3 is 5.11 Å². The fourth-order valence-corrected chi connectivity index (χ4v) is 1.59. The average molecular weight is 255 g/mol. The summed E-state index contributed by atoms with van der Waals surface area (Å²) in [4.78, 5) is 15.7. The molecule has 0 aliphatic heterocycles. The first-order chi connectivity index (χ1) is 6.61. The maximum Gasteiger partial charge on any atom is 0.261 e. The number of hydrogen-bond donors (Lipinski definition) is 1. The van der Waals surface area contributed by atoms with Crippen LogP contribution in [0.1, 0.15) is 0 Å². The molecule has 14 heavy (non-hydrogen) atoms. The number of phenols is 1. The van der Waals surface area contributed by atoms with Gasteiger partial charge in [0.2, 0.25) is 0 Å². The van der Waals surface area contributed by atoms with E-state index in [0.717, 1.165) is 0 Å². The maximum absolute atomic E-state index is 11.7. The molecular weight excluding hydrogens is 248 g/mol. The van der Waals surface area contributed by atoms with Crippen molar-refractivity contribution < 1.29 is 5.11 Å². The van der Waals surface area contributed by atoms with Gasteiger partial charge >= 0.3 is 0 Å². The summed E-state index contributed by atoms with van der Waals surface area (Å²) < 4.78 is 1.78. The number of nitrogens with zero attached hydrogens (tertiary/aromatic N) is 2. The Bertz CT molecular complexity index is 562. The molecule has 1 aromatic carbocycles. The summed E-state index contributed by atoms with van der Waals surface area (Å²) in [6.45, 7) is 0. The first kappa shape index (κ1) is 9.21. The van der Waals surface area contributed by atoms with Crippen molar-refractivity contribution in [1.29, 1.82) is 0 Å². The van der Waals surface area contributed by atoms with Gasteiger partial charge in [0.15, 0.2) is 4.73 Å². The normalized spacial score (nSPS) is 10.7. The van der Waals surface area contributed by atoms with Crippen LogP contribution in [0.2, 0.25) is 0 Å². The van der Waals surface area contributed by atoms with E-state index in [-0.39, 0.29) is 11.3 Å². The fraction of sp³-hybridized carbons (Fsp3) is 0.111. The quantitative estimate of drug-likeness (QED) is 0.724. The summed E-state index contributed by atoms with van der Waals surface area (Å²) in [5, 5.41) is 9.89. The Morgan fingerprint density at radius 2 is 2.21 bits per heavy atom. The van der Waals surface area contributed by atoms with E-state index in [4.69, 9.17) is 0 Å². The Kier molecular flexibility index (Phi) is 2.03. The lowest BCUT2D eigenvalue weighted by Gasteiger charge is -2.04. The smallest absolute Gasteiger partial charge is 0.261 e. The van der Waals surface area contributed by atoms with Crippen LogP contribution in [0.5, 0.6) is 5.75 Å². The van der Waals surface area contributed by atoms with Crippen LogP contribution < -0.4 is 5.56 Å². The topological polar surface area (TPSA) is 55.1 Å². The minimum absolute atomic E-state index is 0.0147. The van der Waals surface area contributed by atoms with Gasteiger partial charge in [-0.3, -0.25) is 9.36 Å². The summed E-state index contributed by atoms with van der Waals surface area (Å²) in [6.07, 6.45) is 0. The van der Waals surface area contributed by atoms with Crippen molar-refractivity contribution >= 4 is 26.8 Å². The lowest BCUT2D eigenvalue weighted by molar-refractivity contribution is 0.480. The average Bonchev–Trinajstić information content (AvgIpc) is 2.17. The van der Waals surface area contributed by atoms with E-state index < -0.39 is 0 Å². The molecule has 4 nitrogen and oxygen atoms in total. The zero-order valence-corrected chi connectivity index (χ0v) is 8.95. The molecule has 2 aromatic rings. The van der Waals surface area contributed by atoms with Crippen LogP contribution in [0.25, 0.3) is 10.9 Å². The Morgan fingerprint density at radius 3 is 2.93 bits per heavy atom. The number of phenolic OH excluding ortho intramolecular Hbond substituents is 1. The lowest BCUT2D eigenvalue weighted by Crippen LogP contribution is -2.18. The molecule has 5 heteroatoms. The van der Waals surface area contributed by atoms with E-state index in [9.17, 15) is 9.90 Å². The number of para-hydroxylation sites is 1. The highest BCUT2D eigenvalue weighted by Crippen LogP contribution is 2.20. The molecule has 0 unspecified atom stereocenters. The van der Waals surface area contributed by atoms with Crippen molar-refractivity contribution in [2.24, 2.45) is 7.05 Å². The van der Waals surface area contributed by atoms with Crippen LogP contribution in [0.3, 0.4) is 0 Å². The Labute approximate surface area is 88.0 Å². The molecule has 0 radical (unpaired) electrons. The summed E-state index contributed by atoms with van der Waals surface area (Å²) in [5.41, 5.74) is 0.139. The molecule has 0 fully saturated rings. The predicted octanol–water partition coefficient (Wildman–Crippen LogP) is 1.40. The summed E-state index contributed by atoms with van der Waals surface area (Å²) >= 11 is 3.14. The second-order valence-corrected chi connectivity index (χ2v) is 3.63. The van der Waals surface area contributed by atoms with E-state index in [1.165, 1.54) is 10.6 Å². The van der Waals surface area contributed by atoms with Crippen molar-refractivity contribution in [1.82, 2.24) is 9.55 Å². The van der Waals surface area contributed by atoms with Gasteiger partial charge in [0.1, 0.15) is 11.3 Å². The fourth-order valence-electron chi connectivity index (χ4n) is 1.25. The molecule has 72 valence electrons. The second-order valence-electron chi connectivity index (χ2n) is 2.92. The van der Waals surface area contributed by atoms with Gasteiger partial charge in [-0.25, -0.2) is 4.98 Å². The number of rotatable bonds is 0. The van der Waals surface area contributed by atoms with Gasteiger partial charge in [-0.15, -0.1) is 0 Å². The Hall–Kier alpha value is -1.36. The van der Waals surface area contributed by atoms with Gasteiger partial charge in [0.05, 0.1) is 5.39 Å². The first-order valence-electron chi connectivity index (χ1n) is 3.95. The largest absolute Gasteiger partial charge is 0.506 e. The molecule has 1 N–H and O–H groups in total. The zero-order valence-electron chi connectivity index (χ0n) is 7.36. The standard InChI is InChI=1S/C9H7BrN2O2/c1-12-8(14)5-3-2-4-6(13)7(5)11-9(12)10/h2-4,13H,1H3. The number of fused-ring (bicyclic) bond motifs is 1. The SMILES string of the molecule is Cn1c(Br)nc2c(O)cccc2c1=O. The number of benzene rings is 1. The van der Waals surface area contributed by atoms with E-state index in [1.54, 1.807) is 19.2 Å². The molecule has 0 saturated heterocycles. The minimum atomic E-state index is -0.183. The van der Waals surface area contributed by atoms with E-state index >= 15 is 0 Å². The Morgan fingerprint density at radius 1 is 1.50 bits per heavy atom. The van der Waals surface area contributed by atoms with Crippen molar-refractivity contribution in [3.8, 4) is 5.75 Å². The minimum Gasteiger partial charge on any atom is -0.506 e. The molecule has 0 amide bonds. The summed E-state index contributed by atoms with van der Waals surface area (Å²) in [6, 6.07) is 4.76. The molecule has 0 atom stereocenters. The highest BCUT2D eigenvalue weighted by Gasteiger charge is 2.08. The number of hydrogen-bond acceptors (Lipinski definition) is 3. The number of aromatic hydroxyl groups is 1. The third kappa shape index (κ3) is 1.21. The van der Waals surface area contributed by atoms with Gasteiger partial charge in [-0.05, 0) is 28.1 Å². The van der Waals surface area contributed by atoms with Crippen LogP contribution in [-0.4, -0.2) is 14.7 Å². The summed E-state index contributed by atoms with van der Waals surface area (Å²) in [7, 11) is 1.61. The van der Waals surface area contributed by atoms with E-state index in [1.807, 2.05) is 0 Å². The molecule has 0 aliphatic carbocycles. The molecule has 0 saturated carbocycles. The third-order valence-corrected chi connectivity index (χ3v) is 2.74. The summed E-state index contributed by atoms with van der Waals surface area (Å²) in [5.74, 6) is 0.0147. The van der Waals surface area contributed by atoms with Gasteiger partial charge in [-0.2, -0.15) is 0 Å². The van der Waals surface area contributed by atoms with Crippen LogP contribution in [-0.2, 0) is 7.05 Å². The van der Waals surface area contributed by atoms with Crippen LogP contribution in [0, 0.1) is 0 Å². The predicted molar refractivity (Wildman–Crippen MR) is 56.3 cm³/mol. The molecular formula is C9H7BrN2O2. The van der Waals surface area contributed by atoms with Gasteiger partial charge in [0.25, 0.3) is 5.56 Å². The second kappa shape index (κ2) is 3.09. The first-order valence-corrected chi connectivity index (χ1v) is 4.75. The molecule has 1 aromatic heterocycles.